The van der Waals surface area contributed by atoms with Crippen molar-refractivity contribution in [2.45, 2.75) is 17.7 Å². The van der Waals surface area contributed by atoms with E-state index in [1.54, 1.807) is 24.3 Å². The van der Waals surface area contributed by atoms with E-state index in [1.165, 1.54) is 4.31 Å². The SMILES string of the molecule is Cl.NCC1CCCN(S(=O)(=O)c2ccccc2Cl)C1. The summed E-state index contributed by atoms with van der Waals surface area (Å²) in [5.41, 5.74) is 5.63. The van der Waals surface area contributed by atoms with Crippen molar-refractivity contribution in [3.63, 3.8) is 0 Å². The van der Waals surface area contributed by atoms with Crippen LogP contribution in [0.1, 0.15) is 12.8 Å². The van der Waals surface area contributed by atoms with Gasteiger partial charge in [-0.2, -0.15) is 4.31 Å². The normalized spacial score (nSPS) is 20.8. The van der Waals surface area contributed by atoms with Gasteiger partial charge in [0.05, 0.1) is 5.02 Å². The molecule has 19 heavy (non-hydrogen) atoms. The van der Waals surface area contributed by atoms with E-state index in [0.29, 0.717) is 19.6 Å². The number of piperidine rings is 1. The lowest BCUT2D eigenvalue weighted by molar-refractivity contribution is 0.271. The third-order valence-corrected chi connectivity index (χ3v) is 5.63. The lowest BCUT2D eigenvalue weighted by Crippen LogP contribution is -2.42. The third-order valence-electron chi connectivity index (χ3n) is 3.27. The van der Waals surface area contributed by atoms with Gasteiger partial charge >= 0.3 is 0 Å². The van der Waals surface area contributed by atoms with Gasteiger partial charge in [0, 0.05) is 13.1 Å². The fourth-order valence-electron chi connectivity index (χ4n) is 2.23. The second kappa shape index (κ2) is 6.90. The maximum Gasteiger partial charge on any atom is 0.244 e. The highest BCUT2D eigenvalue weighted by molar-refractivity contribution is 7.89. The van der Waals surface area contributed by atoms with Gasteiger partial charge in [-0.1, -0.05) is 23.7 Å². The third kappa shape index (κ3) is 3.61. The highest BCUT2D eigenvalue weighted by atomic mass is 35.5. The molecule has 1 aromatic rings. The Bertz CT molecular complexity index is 522. The van der Waals surface area contributed by atoms with Crippen molar-refractivity contribution < 1.29 is 8.42 Å². The molecule has 7 heteroatoms. The minimum absolute atomic E-state index is 0. The summed E-state index contributed by atoms with van der Waals surface area (Å²) in [7, 11) is -3.49. The first kappa shape index (κ1) is 16.7. The standard InChI is InChI=1S/C12H17ClN2O2S.ClH/c13-11-5-1-2-6-12(11)18(16,17)15-7-3-4-10(8-14)9-15;/h1-2,5-6,10H,3-4,7-9,14H2;1H. The topological polar surface area (TPSA) is 63.4 Å². The van der Waals surface area contributed by atoms with Gasteiger partial charge in [0.2, 0.25) is 10.0 Å². The number of hydrogen-bond donors (Lipinski definition) is 1. The Balaban J connectivity index is 0.00000180. The molecule has 0 saturated carbocycles. The number of nitrogens with two attached hydrogens (primary N) is 1. The van der Waals surface area contributed by atoms with Gasteiger partial charge in [-0.3, -0.25) is 0 Å². The van der Waals surface area contributed by atoms with Crippen LogP contribution in [0.4, 0.5) is 0 Å². The Morgan fingerprint density at radius 1 is 1.37 bits per heavy atom. The van der Waals surface area contributed by atoms with Gasteiger partial charge in [0.1, 0.15) is 4.90 Å². The summed E-state index contributed by atoms with van der Waals surface area (Å²) in [6, 6.07) is 6.55. The first-order valence-corrected chi connectivity index (χ1v) is 7.82. The lowest BCUT2D eigenvalue weighted by atomic mass is 10.0. The molecule has 1 aliphatic rings. The number of benzene rings is 1. The molecule has 1 atom stereocenters. The summed E-state index contributed by atoms with van der Waals surface area (Å²) in [6.07, 6.45) is 1.84. The number of rotatable bonds is 3. The second-order valence-corrected chi connectivity index (χ2v) is 6.85. The van der Waals surface area contributed by atoms with Crippen LogP contribution in [-0.4, -0.2) is 32.4 Å². The monoisotopic (exact) mass is 324 g/mol. The minimum Gasteiger partial charge on any atom is -0.330 e. The van der Waals surface area contributed by atoms with Crippen molar-refractivity contribution in [2.24, 2.45) is 11.7 Å². The zero-order valence-electron chi connectivity index (χ0n) is 10.5. The molecule has 0 bridgehead atoms. The molecule has 1 unspecified atom stereocenters. The number of nitrogens with zero attached hydrogens (tertiary/aromatic N) is 1. The molecule has 0 aliphatic carbocycles. The molecule has 4 nitrogen and oxygen atoms in total. The van der Waals surface area contributed by atoms with E-state index in [4.69, 9.17) is 17.3 Å². The maximum atomic E-state index is 12.5. The Labute approximate surface area is 125 Å². The first-order valence-electron chi connectivity index (χ1n) is 6.00. The van der Waals surface area contributed by atoms with Gasteiger partial charge in [-0.25, -0.2) is 8.42 Å². The summed E-state index contributed by atoms with van der Waals surface area (Å²) >= 11 is 5.97. The summed E-state index contributed by atoms with van der Waals surface area (Å²) in [6.45, 7) is 1.56. The van der Waals surface area contributed by atoms with Gasteiger partial charge in [-0.05, 0) is 37.4 Å². The number of hydrogen-bond acceptors (Lipinski definition) is 3. The molecule has 1 heterocycles. The van der Waals surface area contributed by atoms with Crippen molar-refractivity contribution in [3.05, 3.63) is 29.3 Å². The zero-order valence-corrected chi connectivity index (χ0v) is 12.8. The predicted octanol–water partition coefficient (Wildman–Crippen LogP) is 2.12. The van der Waals surface area contributed by atoms with Gasteiger partial charge in [0.25, 0.3) is 0 Å². The van der Waals surface area contributed by atoms with Crippen molar-refractivity contribution in [1.29, 1.82) is 0 Å². The predicted molar refractivity (Wildman–Crippen MR) is 79.2 cm³/mol. The van der Waals surface area contributed by atoms with E-state index in [-0.39, 0.29) is 28.2 Å². The maximum absolute atomic E-state index is 12.5. The first-order chi connectivity index (χ1) is 8.55. The molecule has 0 aromatic heterocycles. The van der Waals surface area contributed by atoms with Crippen molar-refractivity contribution >= 4 is 34.0 Å². The van der Waals surface area contributed by atoms with Crippen LogP contribution in [0.5, 0.6) is 0 Å². The zero-order chi connectivity index (χ0) is 13.2. The molecule has 0 spiro atoms. The Morgan fingerprint density at radius 3 is 2.68 bits per heavy atom. The molecule has 108 valence electrons. The smallest absolute Gasteiger partial charge is 0.244 e. The van der Waals surface area contributed by atoms with Crippen LogP contribution in [0.2, 0.25) is 5.02 Å². The summed E-state index contributed by atoms with van der Waals surface area (Å²) in [5.74, 6) is 0.246. The van der Waals surface area contributed by atoms with Crippen LogP contribution in [0.25, 0.3) is 0 Å². The van der Waals surface area contributed by atoms with Gasteiger partial charge in [0.15, 0.2) is 0 Å². The average Bonchev–Trinajstić information content (AvgIpc) is 2.39. The van der Waals surface area contributed by atoms with Crippen LogP contribution >= 0.6 is 24.0 Å². The van der Waals surface area contributed by atoms with Crippen molar-refractivity contribution in [1.82, 2.24) is 4.31 Å². The Morgan fingerprint density at radius 2 is 2.05 bits per heavy atom. The molecule has 1 saturated heterocycles. The quantitative estimate of drug-likeness (QED) is 0.926. The summed E-state index contributed by atoms with van der Waals surface area (Å²) in [4.78, 5) is 0.185. The highest BCUT2D eigenvalue weighted by Gasteiger charge is 2.30. The van der Waals surface area contributed by atoms with E-state index >= 15 is 0 Å². The molecular weight excluding hydrogens is 307 g/mol. The Kier molecular flexibility index (Phi) is 6.08. The van der Waals surface area contributed by atoms with Gasteiger partial charge in [-0.15, -0.1) is 12.4 Å². The van der Waals surface area contributed by atoms with E-state index in [9.17, 15) is 8.42 Å². The molecule has 1 aliphatic heterocycles. The number of sulfonamides is 1. The van der Waals surface area contributed by atoms with Crippen LogP contribution < -0.4 is 5.73 Å². The molecule has 2 N–H and O–H groups in total. The summed E-state index contributed by atoms with van der Waals surface area (Å²) in [5, 5.41) is 0.271. The fraction of sp³-hybridized carbons (Fsp3) is 0.500. The van der Waals surface area contributed by atoms with Crippen LogP contribution in [-0.2, 0) is 10.0 Å². The van der Waals surface area contributed by atoms with E-state index < -0.39 is 10.0 Å². The minimum atomic E-state index is -3.49. The van der Waals surface area contributed by atoms with Crippen LogP contribution in [0.15, 0.2) is 29.2 Å². The molecule has 1 aromatic carbocycles. The van der Waals surface area contributed by atoms with Crippen molar-refractivity contribution in [3.8, 4) is 0 Å². The number of halogens is 2. The van der Waals surface area contributed by atoms with Crippen molar-refractivity contribution in [2.75, 3.05) is 19.6 Å². The molecule has 2 rings (SSSR count). The lowest BCUT2D eigenvalue weighted by Gasteiger charge is -2.31. The van der Waals surface area contributed by atoms with Crippen LogP contribution in [0.3, 0.4) is 0 Å². The summed E-state index contributed by atoms with van der Waals surface area (Å²) < 4.78 is 26.4. The molecular formula is C12H18Cl2N2O2S. The van der Waals surface area contributed by atoms with E-state index in [0.717, 1.165) is 12.8 Å². The molecule has 1 fully saturated rings. The fourth-order valence-corrected chi connectivity index (χ4v) is 4.28. The van der Waals surface area contributed by atoms with E-state index in [2.05, 4.69) is 0 Å². The average molecular weight is 325 g/mol. The molecule has 0 radical (unpaired) electrons. The van der Waals surface area contributed by atoms with E-state index in [1.807, 2.05) is 0 Å². The second-order valence-electron chi connectivity index (χ2n) is 4.54. The van der Waals surface area contributed by atoms with Gasteiger partial charge < -0.3 is 5.73 Å². The molecule has 0 amide bonds. The highest BCUT2D eigenvalue weighted by Crippen LogP contribution is 2.27. The van der Waals surface area contributed by atoms with Crippen LogP contribution in [0, 0.1) is 5.92 Å². The largest absolute Gasteiger partial charge is 0.330 e. The Hall–Kier alpha value is -0.330.